The maximum Gasteiger partial charge on any atom is 0.255 e. The largest absolute Gasteiger partial charge is 0.385 e. The summed E-state index contributed by atoms with van der Waals surface area (Å²) in [6.45, 7) is 0.994. The van der Waals surface area contributed by atoms with Crippen LogP contribution in [0.15, 0.2) is 40.9 Å². The zero-order valence-electron chi connectivity index (χ0n) is 11.2. The van der Waals surface area contributed by atoms with Gasteiger partial charge in [-0.3, -0.25) is 4.79 Å². The highest BCUT2D eigenvalue weighted by Gasteiger charge is 2.13. The van der Waals surface area contributed by atoms with E-state index < -0.39 is 0 Å². The Kier molecular flexibility index (Phi) is 4.17. The maximum atomic E-state index is 12.4. The molecule has 108 valence electrons. The standard InChI is InChI=1S/C16H14BrClN2O/c17-13-5-4-12(18)9-15(13)20-16(21)11-3-6-14-10(8-11)2-1-7-19-14/h3-6,8-9,19H,1-2,7H2,(H,20,21). The van der Waals surface area contributed by atoms with E-state index in [4.69, 9.17) is 11.6 Å². The van der Waals surface area contributed by atoms with Crippen LogP contribution in [0.25, 0.3) is 0 Å². The second-order valence-electron chi connectivity index (χ2n) is 4.98. The van der Waals surface area contributed by atoms with Crippen LogP contribution < -0.4 is 10.6 Å². The summed E-state index contributed by atoms with van der Waals surface area (Å²) in [5, 5.41) is 6.81. The molecule has 2 aromatic carbocycles. The van der Waals surface area contributed by atoms with Gasteiger partial charge < -0.3 is 10.6 Å². The fraction of sp³-hybridized carbons (Fsp3) is 0.188. The Labute approximate surface area is 136 Å². The third-order valence-electron chi connectivity index (χ3n) is 3.48. The molecule has 1 amide bonds. The molecule has 0 atom stereocenters. The normalized spacial score (nSPS) is 13.2. The van der Waals surface area contributed by atoms with Gasteiger partial charge in [-0.15, -0.1) is 0 Å². The molecule has 3 nitrogen and oxygen atoms in total. The van der Waals surface area contributed by atoms with Gasteiger partial charge in [0.15, 0.2) is 0 Å². The van der Waals surface area contributed by atoms with Crippen LogP contribution in [0.5, 0.6) is 0 Å². The van der Waals surface area contributed by atoms with Gasteiger partial charge in [0.2, 0.25) is 0 Å². The molecule has 2 aromatic rings. The number of hydrogen-bond acceptors (Lipinski definition) is 2. The number of nitrogens with one attached hydrogen (secondary N) is 2. The molecule has 0 aliphatic carbocycles. The highest BCUT2D eigenvalue weighted by atomic mass is 79.9. The van der Waals surface area contributed by atoms with E-state index >= 15 is 0 Å². The van der Waals surface area contributed by atoms with E-state index in [1.807, 2.05) is 24.3 Å². The smallest absolute Gasteiger partial charge is 0.255 e. The molecule has 1 aliphatic rings. The minimum atomic E-state index is -0.133. The summed E-state index contributed by atoms with van der Waals surface area (Å²) in [7, 11) is 0. The van der Waals surface area contributed by atoms with E-state index in [1.165, 1.54) is 5.56 Å². The van der Waals surface area contributed by atoms with Crippen LogP contribution in [0.3, 0.4) is 0 Å². The van der Waals surface area contributed by atoms with Crippen molar-refractivity contribution < 1.29 is 4.79 Å². The van der Waals surface area contributed by atoms with Crippen molar-refractivity contribution in [1.29, 1.82) is 0 Å². The first-order valence-corrected chi connectivity index (χ1v) is 7.94. The quantitative estimate of drug-likeness (QED) is 0.809. The summed E-state index contributed by atoms with van der Waals surface area (Å²) in [4.78, 5) is 12.4. The Bertz CT molecular complexity index is 703. The number of anilines is 2. The lowest BCUT2D eigenvalue weighted by molar-refractivity contribution is 0.102. The number of hydrogen-bond donors (Lipinski definition) is 2. The summed E-state index contributed by atoms with van der Waals surface area (Å²) in [6, 6.07) is 11.1. The molecule has 0 aromatic heterocycles. The van der Waals surface area contributed by atoms with E-state index in [2.05, 4.69) is 26.6 Å². The number of benzene rings is 2. The molecule has 21 heavy (non-hydrogen) atoms. The van der Waals surface area contributed by atoms with Gasteiger partial charge in [-0.25, -0.2) is 0 Å². The highest BCUT2D eigenvalue weighted by molar-refractivity contribution is 9.10. The number of halogens is 2. The van der Waals surface area contributed by atoms with Crippen molar-refractivity contribution in [2.24, 2.45) is 0 Å². The van der Waals surface area contributed by atoms with Crippen molar-refractivity contribution in [1.82, 2.24) is 0 Å². The van der Waals surface area contributed by atoms with E-state index in [0.717, 1.165) is 29.5 Å². The molecule has 0 unspecified atom stereocenters. The summed E-state index contributed by atoms with van der Waals surface area (Å²) in [5.41, 5.74) is 3.65. The minimum absolute atomic E-state index is 0.133. The number of rotatable bonds is 2. The molecule has 0 fully saturated rings. The lowest BCUT2D eigenvalue weighted by atomic mass is 10.0. The summed E-state index contributed by atoms with van der Waals surface area (Å²) in [6.07, 6.45) is 2.10. The van der Waals surface area contributed by atoms with Gasteiger partial charge in [-0.1, -0.05) is 11.6 Å². The molecule has 3 rings (SSSR count). The van der Waals surface area contributed by atoms with Crippen molar-refractivity contribution >= 4 is 44.8 Å². The molecular formula is C16H14BrClN2O. The van der Waals surface area contributed by atoms with E-state index in [-0.39, 0.29) is 5.91 Å². The molecule has 1 heterocycles. The summed E-state index contributed by atoms with van der Waals surface area (Å²) in [5.74, 6) is -0.133. The van der Waals surface area contributed by atoms with Crippen LogP contribution in [-0.2, 0) is 6.42 Å². The second kappa shape index (κ2) is 6.08. The van der Waals surface area contributed by atoms with E-state index in [9.17, 15) is 4.79 Å². The van der Waals surface area contributed by atoms with Gasteiger partial charge >= 0.3 is 0 Å². The lowest BCUT2D eigenvalue weighted by Crippen LogP contribution is -2.15. The van der Waals surface area contributed by atoms with Crippen molar-refractivity contribution in [2.75, 3.05) is 17.2 Å². The van der Waals surface area contributed by atoms with Gasteiger partial charge in [-0.05, 0) is 70.7 Å². The van der Waals surface area contributed by atoms with Gasteiger partial charge in [0.25, 0.3) is 5.91 Å². The molecule has 0 radical (unpaired) electrons. The molecule has 0 spiro atoms. The summed E-state index contributed by atoms with van der Waals surface area (Å²) < 4.78 is 0.805. The zero-order chi connectivity index (χ0) is 14.8. The first-order valence-electron chi connectivity index (χ1n) is 6.77. The van der Waals surface area contributed by atoms with Crippen LogP contribution in [-0.4, -0.2) is 12.5 Å². The van der Waals surface area contributed by atoms with E-state index in [0.29, 0.717) is 16.3 Å². The molecular weight excluding hydrogens is 352 g/mol. The van der Waals surface area contributed by atoms with Crippen molar-refractivity contribution in [3.63, 3.8) is 0 Å². The van der Waals surface area contributed by atoms with Gasteiger partial charge in [0.1, 0.15) is 0 Å². The molecule has 1 aliphatic heterocycles. The maximum absolute atomic E-state index is 12.4. The Morgan fingerprint density at radius 3 is 2.95 bits per heavy atom. The number of amides is 1. The predicted molar refractivity (Wildman–Crippen MR) is 90.4 cm³/mol. The summed E-state index contributed by atoms with van der Waals surface area (Å²) >= 11 is 9.37. The predicted octanol–water partition coefficient (Wildman–Crippen LogP) is 4.71. The van der Waals surface area contributed by atoms with Crippen LogP contribution in [0.1, 0.15) is 22.3 Å². The Hall–Kier alpha value is -1.52. The lowest BCUT2D eigenvalue weighted by Gasteiger charge is -2.18. The monoisotopic (exact) mass is 364 g/mol. The van der Waals surface area contributed by atoms with Crippen molar-refractivity contribution in [2.45, 2.75) is 12.8 Å². The molecule has 0 bridgehead atoms. The van der Waals surface area contributed by atoms with E-state index in [1.54, 1.807) is 12.1 Å². The first-order chi connectivity index (χ1) is 10.1. The number of carbonyl (C=O) groups is 1. The fourth-order valence-corrected chi connectivity index (χ4v) is 2.92. The van der Waals surface area contributed by atoms with Crippen molar-refractivity contribution in [3.05, 3.63) is 57.0 Å². The number of aryl methyl sites for hydroxylation is 1. The van der Waals surface area contributed by atoms with Gasteiger partial charge in [0, 0.05) is 27.3 Å². The Balaban J connectivity index is 1.83. The second-order valence-corrected chi connectivity index (χ2v) is 6.27. The molecule has 0 saturated carbocycles. The number of carbonyl (C=O) groups excluding carboxylic acids is 1. The SMILES string of the molecule is O=C(Nc1cc(Cl)ccc1Br)c1ccc2c(c1)CCCN2. The molecule has 0 saturated heterocycles. The molecule has 5 heteroatoms. The average molecular weight is 366 g/mol. The minimum Gasteiger partial charge on any atom is -0.385 e. The van der Waals surface area contributed by atoms with Crippen LogP contribution in [0.4, 0.5) is 11.4 Å². The Morgan fingerprint density at radius 2 is 2.10 bits per heavy atom. The highest BCUT2D eigenvalue weighted by Crippen LogP contribution is 2.27. The topological polar surface area (TPSA) is 41.1 Å². The van der Waals surface area contributed by atoms with Crippen molar-refractivity contribution in [3.8, 4) is 0 Å². The van der Waals surface area contributed by atoms with Crippen LogP contribution >= 0.6 is 27.5 Å². The average Bonchev–Trinajstić information content (AvgIpc) is 2.50. The fourth-order valence-electron chi connectivity index (χ4n) is 2.40. The van der Waals surface area contributed by atoms with Crippen LogP contribution in [0, 0.1) is 0 Å². The third-order valence-corrected chi connectivity index (χ3v) is 4.41. The van der Waals surface area contributed by atoms with Gasteiger partial charge in [-0.2, -0.15) is 0 Å². The Morgan fingerprint density at radius 1 is 1.24 bits per heavy atom. The van der Waals surface area contributed by atoms with Crippen LogP contribution in [0.2, 0.25) is 5.02 Å². The third kappa shape index (κ3) is 3.22. The number of fused-ring (bicyclic) bond motifs is 1. The van der Waals surface area contributed by atoms with Gasteiger partial charge in [0.05, 0.1) is 5.69 Å². The molecule has 2 N–H and O–H groups in total. The zero-order valence-corrected chi connectivity index (χ0v) is 13.6. The first kappa shape index (κ1) is 14.4.